The van der Waals surface area contributed by atoms with Crippen LogP contribution in [0.1, 0.15) is 83.7 Å². The molecule has 3 rings (SSSR count). The number of H-pyrrole nitrogens is 3. The highest BCUT2D eigenvalue weighted by atomic mass is 16.5. The van der Waals surface area contributed by atoms with E-state index in [9.17, 15) is 0 Å². The molecule has 0 unspecified atom stereocenters. The van der Waals surface area contributed by atoms with Gasteiger partial charge in [-0.15, -0.1) is 0 Å². The minimum Gasteiger partial charge on any atom is -0.491 e. The van der Waals surface area contributed by atoms with Crippen LogP contribution in [0, 0.1) is 0 Å². The lowest BCUT2D eigenvalue weighted by Crippen LogP contribution is -2.09. The fourth-order valence-electron chi connectivity index (χ4n) is 3.86. The van der Waals surface area contributed by atoms with Crippen LogP contribution in [0.2, 0.25) is 0 Å². The van der Waals surface area contributed by atoms with Gasteiger partial charge >= 0.3 is 0 Å². The Kier molecular flexibility index (Phi) is 9.62. The van der Waals surface area contributed by atoms with E-state index in [1.54, 1.807) is 0 Å². The van der Waals surface area contributed by atoms with Gasteiger partial charge in [0, 0.05) is 23.0 Å². The summed E-state index contributed by atoms with van der Waals surface area (Å²) in [6.45, 7) is 5.12. The van der Waals surface area contributed by atoms with Crippen molar-refractivity contribution in [1.29, 1.82) is 0 Å². The summed E-state index contributed by atoms with van der Waals surface area (Å²) in [5, 5.41) is 2.28. The Bertz CT molecular complexity index is 978. The molecule has 0 aliphatic rings. The van der Waals surface area contributed by atoms with Crippen LogP contribution in [0.3, 0.4) is 0 Å². The van der Waals surface area contributed by atoms with E-state index >= 15 is 0 Å². The number of nitrogens with one attached hydrogen (secondary N) is 3. The van der Waals surface area contributed by atoms with Gasteiger partial charge in [0.1, 0.15) is 5.75 Å². The molecule has 0 atom stereocenters. The summed E-state index contributed by atoms with van der Waals surface area (Å²) in [5.41, 5.74) is 3.09. The quantitative estimate of drug-likeness (QED) is 0.264. The number of ether oxygens (including phenoxy) is 1. The van der Waals surface area contributed by atoms with Crippen molar-refractivity contribution in [1.82, 2.24) is 15.0 Å². The number of hydrogen-bond donors (Lipinski definition) is 3. The van der Waals surface area contributed by atoms with E-state index in [2.05, 4.69) is 65.2 Å². The Balaban J connectivity index is 1.58. The number of aromatic amines is 3. The Labute approximate surface area is 186 Å². The smallest absolute Gasteiger partial charge is 0.144 e. The van der Waals surface area contributed by atoms with E-state index in [0.717, 1.165) is 41.0 Å². The molecule has 0 aromatic carbocycles. The Hall–Kier alpha value is -2.62. The molecule has 0 bridgehead atoms. The van der Waals surface area contributed by atoms with Crippen molar-refractivity contribution in [2.24, 2.45) is 0 Å². The van der Waals surface area contributed by atoms with Crippen LogP contribution in [0.4, 0.5) is 0 Å². The zero-order valence-corrected chi connectivity index (χ0v) is 19.3. The van der Waals surface area contributed by atoms with Crippen molar-refractivity contribution in [3.05, 3.63) is 52.9 Å². The Morgan fingerprint density at radius 3 is 2.32 bits per heavy atom. The van der Waals surface area contributed by atoms with Gasteiger partial charge in [-0.2, -0.15) is 0 Å². The second-order valence-corrected chi connectivity index (χ2v) is 8.37. The number of unbranched alkanes of at least 4 members (excludes halogenated alkanes) is 8. The van der Waals surface area contributed by atoms with E-state index in [0.29, 0.717) is 6.61 Å². The molecule has 0 spiro atoms. The fourth-order valence-corrected chi connectivity index (χ4v) is 3.86. The van der Waals surface area contributed by atoms with E-state index in [1.807, 2.05) is 12.3 Å². The van der Waals surface area contributed by atoms with Gasteiger partial charge in [-0.25, -0.2) is 0 Å². The summed E-state index contributed by atoms with van der Waals surface area (Å²) in [5.74, 6) is 0.894. The maximum Gasteiger partial charge on any atom is 0.144 e. The molecule has 0 fully saturated rings. The standard InChI is InChI=1S/C27H39N3O/c1-3-5-6-7-8-9-10-11-12-14-22-16-17-23(29-22)20-26-27(31-19-4-2)21-25(30-26)24-15-13-18-28-24/h13-18,20-21,28-30H,3-12,19H2,1-2H3. The lowest BCUT2D eigenvalue weighted by atomic mass is 10.1. The van der Waals surface area contributed by atoms with Gasteiger partial charge in [0.05, 0.1) is 23.7 Å². The van der Waals surface area contributed by atoms with Gasteiger partial charge in [0.25, 0.3) is 0 Å². The van der Waals surface area contributed by atoms with Crippen LogP contribution in [-0.4, -0.2) is 21.6 Å². The molecule has 3 aromatic heterocycles. The number of aromatic nitrogens is 3. The van der Waals surface area contributed by atoms with Crippen LogP contribution >= 0.6 is 0 Å². The lowest BCUT2D eigenvalue weighted by Gasteiger charge is -2.02. The molecule has 0 saturated carbocycles. The summed E-state index contributed by atoms with van der Waals surface area (Å²) in [6.07, 6.45) is 19.4. The van der Waals surface area contributed by atoms with Crippen LogP contribution in [0.25, 0.3) is 23.5 Å². The van der Waals surface area contributed by atoms with Crippen molar-refractivity contribution in [3.63, 3.8) is 0 Å². The van der Waals surface area contributed by atoms with Crippen LogP contribution < -0.4 is 15.4 Å². The SMILES string of the molecule is CCCCCCCCCCC=c1ccc(=Cc2[nH]c(-c3ccc[nH]3)cc2OCCC)[nH]1. The third-order valence-corrected chi connectivity index (χ3v) is 5.61. The second-order valence-electron chi connectivity index (χ2n) is 8.37. The van der Waals surface area contributed by atoms with E-state index in [-0.39, 0.29) is 0 Å². The molecule has 4 nitrogen and oxygen atoms in total. The van der Waals surface area contributed by atoms with Crippen molar-refractivity contribution in [2.75, 3.05) is 6.61 Å². The lowest BCUT2D eigenvalue weighted by molar-refractivity contribution is 0.317. The minimum absolute atomic E-state index is 0.714. The third-order valence-electron chi connectivity index (χ3n) is 5.61. The van der Waals surface area contributed by atoms with E-state index in [4.69, 9.17) is 4.74 Å². The average molecular weight is 422 g/mol. The summed E-state index contributed by atoms with van der Waals surface area (Å²) >= 11 is 0. The van der Waals surface area contributed by atoms with Gasteiger partial charge < -0.3 is 19.7 Å². The molecule has 0 amide bonds. The molecular formula is C27H39N3O. The maximum absolute atomic E-state index is 5.98. The third kappa shape index (κ3) is 7.54. The molecule has 3 N–H and O–H groups in total. The summed E-state index contributed by atoms with van der Waals surface area (Å²) in [6, 6.07) is 10.4. The highest BCUT2D eigenvalue weighted by Gasteiger charge is 2.09. The van der Waals surface area contributed by atoms with Crippen molar-refractivity contribution in [3.8, 4) is 17.1 Å². The molecule has 168 valence electrons. The van der Waals surface area contributed by atoms with Crippen molar-refractivity contribution >= 4 is 12.2 Å². The zero-order chi connectivity index (χ0) is 21.7. The summed E-state index contributed by atoms with van der Waals surface area (Å²) in [7, 11) is 0. The molecule has 31 heavy (non-hydrogen) atoms. The normalized spacial score (nSPS) is 12.7. The first-order valence-corrected chi connectivity index (χ1v) is 12.2. The van der Waals surface area contributed by atoms with Crippen LogP contribution in [0.15, 0.2) is 36.5 Å². The highest BCUT2D eigenvalue weighted by Crippen LogP contribution is 2.27. The molecule has 0 aliphatic heterocycles. The van der Waals surface area contributed by atoms with Gasteiger partial charge in [-0.3, -0.25) is 0 Å². The zero-order valence-electron chi connectivity index (χ0n) is 19.3. The average Bonchev–Trinajstić information content (AvgIpc) is 3.53. The van der Waals surface area contributed by atoms with Gasteiger partial charge in [0.2, 0.25) is 0 Å². The van der Waals surface area contributed by atoms with Crippen LogP contribution in [0.5, 0.6) is 5.75 Å². The van der Waals surface area contributed by atoms with Crippen molar-refractivity contribution in [2.45, 2.75) is 78.1 Å². The first-order valence-electron chi connectivity index (χ1n) is 12.2. The first-order chi connectivity index (χ1) is 15.3. The van der Waals surface area contributed by atoms with Gasteiger partial charge in [-0.05, 0) is 49.6 Å². The first kappa shape index (κ1) is 23.1. The predicted molar refractivity (Wildman–Crippen MR) is 132 cm³/mol. The largest absolute Gasteiger partial charge is 0.491 e. The summed E-state index contributed by atoms with van der Waals surface area (Å²) < 4.78 is 5.98. The Morgan fingerprint density at radius 2 is 1.58 bits per heavy atom. The molecule has 4 heteroatoms. The predicted octanol–water partition coefficient (Wildman–Crippen LogP) is 6.27. The number of rotatable bonds is 14. The maximum atomic E-state index is 5.98. The fraction of sp³-hybridized carbons (Fsp3) is 0.481. The molecule has 0 saturated heterocycles. The van der Waals surface area contributed by atoms with E-state index < -0.39 is 0 Å². The molecule has 3 heterocycles. The van der Waals surface area contributed by atoms with Gasteiger partial charge in [0.15, 0.2) is 0 Å². The highest BCUT2D eigenvalue weighted by molar-refractivity contribution is 5.65. The minimum atomic E-state index is 0.714. The van der Waals surface area contributed by atoms with Gasteiger partial charge in [-0.1, -0.05) is 64.9 Å². The molecule has 3 aromatic rings. The second kappa shape index (κ2) is 12.9. The molecular weight excluding hydrogens is 382 g/mol. The Morgan fingerprint density at radius 1 is 0.806 bits per heavy atom. The monoisotopic (exact) mass is 421 g/mol. The topological polar surface area (TPSA) is 56.6 Å². The summed E-state index contributed by atoms with van der Waals surface area (Å²) in [4.78, 5) is 10.3. The van der Waals surface area contributed by atoms with E-state index in [1.165, 1.54) is 56.7 Å². The van der Waals surface area contributed by atoms with Crippen molar-refractivity contribution < 1.29 is 4.74 Å². The number of hydrogen-bond acceptors (Lipinski definition) is 1. The molecule has 0 aliphatic carbocycles. The molecule has 0 radical (unpaired) electrons. The van der Waals surface area contributed by atoms with Crippen LogP contribution in [-0.2, 0) is 0 Å².